The molecule has 2 aromatic carbocycles. The second-order valence-electron chi connectivity index (χ2n) is 5.33. The summed E-state index contributed by atoms with van der Waals surface area (Å²) in [5.41, 5.74) is 2.24. The van der Waals surface area contributed by atoms with Gasteiger partial charge in [-0.3, -0.25) is 9.59 Å². The molecule has 0 unspecified atom stereocenters. The number of carbonyl (C=O) groups is 2. The zero-order valence-electron chi connectivity index (χ0n) is 14.8. The minimum absolute atomic E-state index is 0.237. The molecule has 0 fully saturated rings. The highest BCUT2D eigenvalue weighted by Gasteiger charge is 2.12. The van der Waals surface area contributed by atoms with Gasteiger partial charge in [0, 0.05) is 11.1 Å². The summed E-state index contributed by atoms with van der Waals surface area (Å²) in [6.45, 7) is 1.62. The fourth-order valence-corrected chi connectivity index (χ4v) is 2.21. The van der Waals surface area contributed by atoms with Crippen LogP contribution in [0, 0.1) is 0 Å². The molecule has 0 aromatic heterocycles. The molecule has 6 heteroatoms. The highest BCUT2D eigenvalue weighted by Crippen LogP contribution is 2.16. The number of carbonyl (C=O) groups excluding carboxylic acids is 2. The zero-order valence-corrected chi connectivity index (χ0v) is 14.8. The van der Waals surface area contributed by atoms with Crippen molar-refractivity contribution in [1.29, 1.82) is 0 Å². The summed E-state index contributed by atoms with van der Waals surface area (Å²) in [5.74, 6) is -0.232. The van der Waals surface area contributed by atoms with Crippen molar-refractivity contribution in [3.05, 3.63) is 65.7 Å². The van der Waals surface area contributed by atoms with E-state index in [4.69, 9.17) is 14.3 Å². The zero-order chi connectivity index (χ0) is 18.8. The van der Waals surface area contributed by atoms with E-state index in [1.54, 1.807) is 14.0 Å². The van der Waals surface area contributed by atoms with E-state index in [0.29, 0.717) is 5.71 Å². The van der Waals surface area contributed by atoms with Crippen LogP contribution in [0.2, 0.25) is 0 Å². The van der Waals surface area contributed by atoms with Crippen molar-refractivity contribution in [3.63, 3.8) is 0 Å². The Labute approximate surface area is 152 Å². The van der Waals surface area contributed by atoms with Gasteiger partial charge in [-0.15, -0.1) is 0 Å². The molecule has 0 atom stereocenters. The maximum atomic E-state index is 11.8. The molecule has 0 aliphatic rings. The summed E-state index contributed by atoms with van der Waals surface area (Å²) in [5, 5.41) is 4.12. The van der Waals surface area contributed by atoms with Crippen molar-refractivity contribution in [1.82, 2.24) is 0 Å². The lowest BCUT2D eigenvalue weighted by Crippen LogP contribution is -2.15. The molecule has 2 aromatic rings. The van der Waals surface area contributed by atoms with E-state index in [-0.39, 0.29) is 19.6 Å². The Kier molecular flexibility index (Phi) is 7.36. The van der Waals surface area contributed by atoms with Crippen molar-refractivity contribution in [2.75, 3.05) is 20.3 Å². The third kappa shape index (κ3) is 5.73. The number of methoxy groups -OCH3 is 1. The van der Waals surface area contributed by atoms with Gasteiger partial charge in [0.25, 0.3) is 0 Å². The van der Waals surface area contributed by atoms with E-state index in [1.165, 1.54) is 0 Å². The summed E-state index contributed by atoms with van der Waals surface area (Å²) >= 11 is 0. The lowest BCUT2D eigenvalue weighted by molar-refractivity contribution is -0.146. The standard InChI is InChI=1S/C20H21NO5/c1-3-25-19(23)13-17(22)14-26-21-20(15-7-5-4-6-8-15)16-9-11-18(24-2)12-10-16/h4-12H,3,13-14H2,1-2H3. The van der Waals surface area contributed by atoms with Crippen molar-refractivity contribution in [2.24, 2.45) is 5.16 Å². The molecule has 0 amide bonds. The monoisotopic (exact) mass is 355 g/mol. The van der Waals surface area contributed by atoms with Crippen LogP contribution in [0.25, 0.3) is 0 Å². The van der Waals surface area contributed by atoms with Gasteiger partial charge in [-0.1, -0.05) is 35.5 Å². The first-order valence-electron chi connectivity index (χ1n) is 8.21. The Balaban J connectivity index is 2.12. The Morgan fingerprint density at radius 3 is 2.23 bits per heavy atom. The molecule has 0 saturated heterocycles. The van der Waals surface area contributed by atoms with Crippen LogP contribution in [0.1, 0.15) is 24.5 Å². The number of hydrogen-bond acceptors (Lipinski definition) is 6. The van der Waals surface area contributed by atoms with Crippen LogP contribution >= 0.6 is 0 Å². The van der Waals surface area contributed by atoms with Gasteiger partial charge >= 0.3 is 5.97 Å². The number of rotatable bonds is 9. The predicted molar refractivity (Wildman–Crippen MR) is 97.3 cm³/mol. The fraction of sp³-hybridized carbons (Fsp3) is 0.250. The number of esters is 1. The van der Waals surface area contributed by atoms with Crippen molar-refractivity contribution >= 4 is 17.5 Å². The molecule has 0 heterocycles. The highest BCUT2D eigenvalue weighted by atomic mass is 16.6. The Morgan fingerprint density at radius 2 is 1.62 bits per heavy atom. The summed E-state index contributed by atoms with van der Waals surface area (Å²) in [4.78, 5) is 28.3. The van der Waals surface area contributed by atoms with Crippen LogP contribution in [0.4, 0.5) is 0 Å². The van der Waals surface area contributed by atoms with Gasteiger partial charge in [0.1, 0.15) is 17.9 Å². The van der Waals surface area contributed by atoms with E-state index in [0.717, 1.165) is 16.9 Å². The summed E-state index contributed by atoms with van der Waals surface area (Å²) < 4.78 is 9.90. The number of benzene rings is 2. The van der Waals surface area contributed by atoms with Crippen molar-refractivity contribution < 1.29 is 23.9 Å². The molecule has 2 rings (SSSR count). The van der Waals surface area contributed by atoms with Crippen LogP contribution in [0.15, 0.2) is 59.8 Å². The third-order valence-corrected chi connectivity index (χ3v) is 3.44. The number of ketones is 1. The lowest BCUT2D eigenvalue weighted by atomic mass is 10.0. The average molecular weight is 355 g/mol. The lowest BCUT2D eigenvalue weighted by Gasteiger charge is -2.08. The van der Waals surface area contributed by atoms with Crippen molar-refractivity contribution in [2.45, 2.75) is 13.3 Å². The van der Waals surface area contributed by atoms with E-state index in [2.05, 4.69) is 5.16 Å². The molecule has 0 aliphatic heterocycles. The third-order valence-electron chi connectivity index (χ3n) is 3.44. The van der Waals surface area contributed by atoms with Gasteiger partial charge in [0.2, 0.25) is 0 Å². The first-order valence-corrected chi connectivity index (χ1v) is 8.21. The number of hydrogen-bond donors (Lipinski definition) is 0. The SMILES string of the molecule is CCOC(=O)CC(=O)CON=C(c1ccccc1)c1ccc(OC)cc1. The largest absolute Gasteiger partial charge is 0.497 e. The van der Waals surface area contributed by atoms with Gasteiger partial charge in [-0.25, -0.2) is 0 Å². The molecule has 0 N–H and O–H groups in total. The number of ether oxygens (including phenoxy) is 2. The molecule has 26 heavy (non-hydrogen) atoms. The molecule has 0 saturated carbocycles. The molecule has 0 radical (unpaired) electrons. The van der Waals surface area contributed by atoms with Gasteiger partial charge < -0.3 is 14.3 Å². The van der Waals surface area contributed by atoms with Gasteiger partial charge in [0.05, 0.1) is 13.7 Å². The number of Topliss-reactive ketones (excluding diaryl/α,β-unsaturated/α-hetero) is 1. The van der Waals surface area contributed by atoms with E-state index < -0.39 is 11.8 Å². The number of nitrogens with zero attached hydrogens (tertiary/aromatic N) is 1. The first-order chi connectivity index (χ1) is 12.6. The molecule has 0 bridgehead atoms. The van der Waals surface area contributed by atoms with Crippen LogP contribution in [-0.2, 0) is 19.2 Å². The maximum absolute atomic E-state index is 11.8. The van der Waals surface area contributed by atoms with E-state index in [9.17, 15) is 9.59 Å². The Hall–Kier alpha value is -3.15. The van der Waals surface area contributed by atoms with Crippen LogP contribution < -0.4 is 4.74 Å². The fourth-order valence-electron chi connectivity index (χ4n) is 2.21. The molecular weight excluding hydrogens is 334 g/mol. The summed E-state index contributed by atoms with van der Waals surface area (Å²) in [6, 6.07) is 16.8. The molecular formula is C20H21NO5. The normalized spacial score (nSPS) is 10.9. The quantitative estimate of drug-likeness (QED) is 0.299. The molecule has 136 valence electrons. The summed E-state index contributed by atoms with van der Waals surface area (Å²) in [6.07, 6.45) is -0.327. The first kappa shape index (κ1) is 19.2. The smallest absolute Gasteiger partial charge is 0.313 e. The van der Waals surface area contributed by atoms with E-state index >= 15 is 0 Å². The average Bonchev–Trinajstić information content (AvgIpc) is 2.66. The predicted octanol–water partition coefficient (Wildman–Crippen LogP) is 2.99. The van der Waals surface area contributed by atoms with Gasteiger partial charge in [-0.05, 0) is 31.2 Å². The van der Waals surface area contributed by atoms with Crippen LogP contribution in [0.5, 0.6) is 5.75 Å². The van der Waals surface area contributed by atoms with Crippen molar-refractivity contribution in [3.8, 4) is 5.75 Å². The summed E-state index contributed by atoms with van der Waals surface area (Å²) in [7, 11) is 1.60. The highest BCUT2D eigenvalue weighted by molar-refractivity contribution is 6.12. The second-order valence-corrected chi connectivity index (χ2v) is 5.33. The Bertz CT molecular complexity index is 754. The van der Waals surface area contributed by atoms with Gasteiger partial charge in [0.15, 0.2) is 12.4 Å². The second kappa shape index (κ2) is 9.98. The van der Waals surface area contributed by atoms with Crippen LogP contribution in [0.3, 0.4) is 0 Å². The Morgan fingerprint density at radius 1 is 0.962 bits per heavy atom. The molecule has 6 nitrogen and oxygen atoms in total. The topological polar surface area (TPSA) is 74.2 Å². The minimum atomic E-state index is -0.566. The maximum Gasteiger partial charge on any atom is 0.313 e. The van der Waals surface area contributed by atoms with Gasteiger partial charge in [-0.2, -0.15) is 0 Å². The molecule has 0 aliphatic carbocycles. The minimum Gasteiger partial charge on any atom is -0.497 e. The van der Waals surface area contributed by atoms with E-state index in [1.807, 2.05) is 54.6 Å². The molecule has 0 spiro atoms. The van der Waals surface area contributed by atoms with Crippen LogP contribution in [-0.4, -0.2) is 37.8 Å². The number of oxime groups is 1.